The van der Waals surface area contributed by atoms with Crippen molar-refractivity contribution in [3.05, 3.63) is 62.2 Å². The number of halogens is 2. The van der Waals surface area contributed by atoms with Gasteiger partial charge in [0.25, 0.3) is 5.91 Å². The van der Waals surface area contributed by atoms with Crippen molar-refractivity contribution >= 4 is 50.6 Å². The zero-order valence-corrected chi connectivity index (χ0v) is 18.5. The van der Waals surface area contributed by atoms with Crippen LogP contribution in [0.3, 0.4) is 0 Å². The van der Waals surface area contributed by atoms with Crippen LogP contribution in [0.4, 0.5) is 0 Å². The third-order valence-corrected chi connectivity index (χ3v) is 4.68. The van der Waals surface area contributed by atoms with Crippen molar-refractivity contribution in [1.29, 1.82) is 0 Å². The van der Waals surface area contributed by atoms with Crippen LogP contribution in [0.15, 0.2) is 52.6 Å². The van der Waals surface area contributed by atoms with Crippen LogP contribution in [0.2, 0.25) is 0 Å². The van der Waals surface area contributed by atoms with Crippen LogP contribution >= 0.6 is 38.5 Å². The Kier molecular flexibility index (Phi) is 8.11. The van der Waals surface area contributed by atoms with E-state index in [1.54, 1.807) is 37.5 Å². The van der Waals surface area contributed by atoms with Crippen LogP contribution in [0, 0.1) is 3.57 Å². The Balaban J connectivity index is 2.16. The minimum Gasteiger partial charge on any atom is -0.496 e. The van der Waals surface area contributed by atoms with Crippen LogP contribution < -0.4 is 19.6 Å². The Labute approximate surface area is 179 Å². The standard InChI is InChI=1S/C19H18BrIN2O4/c1-4-7-27-18-15(21)8-12(9-17(18)26-3)11-22-23-19(24)14-10-13(20)5-6-16(14)25-2/h4-6,8-11H,1,7H2,2-3H3,(H,23,24)/b22-11-. The fraction of sp³-hybridized carbons (Fsp3) is 0.158. The van der Waals surface area contributed by atoms with E-state index in [2.05, 4.69) is 55.6 Å². The SMILES string of the molecule is C=CCOc1c(I)cc(/C=N\NC(=O)c2cc(Br)ccc2OC)cc1OC. The zero-order chi connectivity index (χ0) is 19.8. The molecular weight excluding hydrogens is 527 g/mol. The Bertz CT molecular complexity index is 871. The fourth-order valence-corrected chi connectivity index (χ4v) is 3.32. The first-order chi connectivity index (χ1) is 13.0. The molecule has 1 N–H and O–H groups in total. The van der Waals surface area contributed by atoms with E-state index >= 15 is 0 Å². The summed E-state index contributed by atoms with van der Waals surface area (Å²) in [6, 6.07) is 8.81. The highest BCUT2D eigenvalue weighted by atomic mass is 127. The molecule has 0 saturated carbocycles. The molecule has 8 heteroatoms. The normalized spacial score (nSPS) is 10.5. The van der Waals surface area contributed by atoms with Crippen LogP contribution in [0.1, 0.15) is 15.9 Å². The van der Waals surface area contributed by atoms with E-state index in [0.717, 1.165) is 13.6 Å². The number of hydrogen-bond donors (Lipinski definition) is 1. The van der Waals surface area contributed by atoms with Gasteiger partial charge in [0.15, 0.2) is 11.5 Å². The molecule has 0 spiro atoms. The lowest BCUT2D eigenvalue weighted by Crippen LogP contribution is -2.18. The van der Waals surface area contributed by atoms with Crippen molar-refractivity contribution in [2.24, 2.45) is 5.10 Å². The molecule has 142 valence electrons. The Hall–Kier alpha value is -2.07. The predicted octanol–water partition coefficient (Wildman–Crippen LogP) is 4.40. The van der Waals surface area contributed by atoms with Gasteiger partial charge in [-0.25, -0.2) is 5.43 Å². The van der Waals surface area contributed by atoms with Gasteiger partial charge in [0.05, 0.1) is 29.6 Å². The number of carbonyl (C=O) groups is 1. The lowest BCUT2D eigenvalue weighted by molar-refractivity contribution is 0.0952. The first-order valence-electron chi connectivity index (χ1n) is 7.78. The van der Waals surface area contributed by atoms with Crippen molar-refractivity contribution in [2.75, 3.05) is 20.8 Å². The molecule has 0 radical (unpaired) electrons. The molecule has 0 aliphatic rings. The molecule has 6 nitrogen and oxygen atoms in total. The number of methoxy groups -OCH3 is 2. The molecule has 0 saturated heterocycles. The van der Waals surface area contributed by atoms with E-state index in [1.165, 1.54) is 13.3 Å². The molecule has 0 aromatic heterocycles. The summed E-state index contributed by atoms with van der Waals surface area (Å²) in [5.74, 6) is 1.30. The van der Waals surface area contributed by atoms with Gasteiger partial charge in [0, 0.05) is 4.47 Å². The number of hydrazone groups is 1. The fourth-order valence-electron chi connectivity index (χ4n) is 2.18. The number of amides is 1. The smallest absolute Gasteiger partial charge is 0.275 e. The number of hydrogen-bond acceptors (Lipinski definition) is 5. The first kappa shape index (κ1) is 21.2. The number of rotatable bonds is 8. The lowest BCUT2D eigenvalue weighted by atomic mass is 10.2. The molecule has 0 fully saturated rings. The maximum atomic E-state index is 12.3. The summed E-state index contributed by atoms with van der Waals surface area (Å²) in [4.78, 5) is 12.3. The summed E-state index contributed by atoms with van der Waals surface area (Å²) in [5.41, 5.74) is 3.63. The van der Waals surface area contributed by atoms with Crippen LogP contribution in [0.5, 0.6) is 17.2 Å². The summed E-state index contributed by atoms with van der Waals surface area (Å²) in [6.45, 7) is 4.02. The molecule has 27 heavy (non-hydrogen) atoms. The van der Waals surface area contributed by atoms with Gasteiger partial charge < -0.3 is 14.2 Å². The molecular formula is C19H18BrIN2O4. The Morgan fingerprint density at radius 3 is 2.67 bits per heavy atom. The van der Waals surface area contributed by atoms with Crippen molar-refractivity contribution < 1.29 is 19.0 Å². The molecule has 2 aromatic carbocycles. The van der Waals surface area contributed by atoms with Gasteiger partial charge in [-0.15, -0.1) is 0 Å². The Morgan fingerprint density at radius 1 is 1.26 bits per heavy atom. The third-order valence-electron chi connectivity index (χ3n) is 3.38. The van der Waals surface area contributed by atoms with Gasteiger partial charge >= 0.3 is 0 Å². The molecule has 0 atom stereocenters. The zero-order valence-electron chi connectivity index (χ0n) is 14.8. The quantitative estimate of drug-likeness (QED) is 0.231. The van der Waals surface area contributed by atoms with Gasteiger partial charge in [-0.05, 0) is 58.5 Å². The molecule has 0 bridgehead atoms. The molecule has 0 heterocycles. The minimum absolute atomic E-state index is 0.378. The van der Waals surface area contributed by atoms with Crippen molar-refractivity contribution in [3.8, 4) is 17.2 Å². The second-order valence-electron chi connectivity index (χ2n) is 5.18. The van der Waals surface area contributed by atoms with Crippen LogP contribution in [0.25, 0.3) is 0 Å². The summed E-state index contributed by atoms with van der Waals surface area (Å²) in [6.07, 6.45) is 3.20. The van der Waals surface area contributed by atoms with E-state index in [9.17, 15) is 4.79 Å². The van der Waals surface area contributed by atoms with E-state index in [0.29, 0.717) is 29.4 Å². The number of ether oxygens (including phenoxy) is 3. The summed E-state index contributed by atoms with van der Waals surface area (Å²) in [7, 11) is 3.07. The third kappa shape index (κ3) is 5.70. The predicted molar refractivity (Wildman–Crippen MR) is 117 cm³/mol. The largest absolute Gasteiger partial charge is 0.496 e. The lowest BCUT2D eigenvalue weighted by Gasteiger charge is -2.12. The number of benzene rings is 2. The van der Waals surface area contributed by atoms with Gasteiger partial charge in [-0.2, -0.15) is 5.10 Å². The van der Waals surface area contributed by atoms with E-state index in [-0.39, 0.29) is 5.91 Å². The maximum Gasteiger partial charge on any atom is 0.275 e. The molecule has 0 aliphatic heterocycles. The maximum absolute atomic E-state index is 12.3. The van der Waals surface area contributed by atoms with E-state index in [1.807, 2.05) is 6.07 Å². The number of nitrogens with zero attached hydrogens (tertiary/aromatic N) is 1. The average molecular weight is 545 g/mol. The monoisotopic (exact) mass is 544 g/mol. The second kappa shape index (κ2) is 10.3. The highest BCUT2D eigenvalue weighted by Crippen LogP contribution is 2.33. The topological polar surface area (TPSA) is 69.2 Å². The summed E-state index contributed by atoms with van der Waals surface area (Å²) in [5, 5.41) is 4.02. The van der Waals surface area contributed by atoms with Gasteiger partial charge in [-0.1, -0.05) is 28.6 Å². The number of carbonyl (C=O) groups excluding carboxylic acids is 1. The molecule has 0 unspecified atom stereocenters. The second-order valence-corrected chi connectivity index (χ2v) is 7.26. The van der Waals surface area contributed by atoms with E-state index in [4.69, 9.17) is 14.2 Å². The molecule has 2 aromatic rings. The summed E-state index contributed by atoms with van der Waals surface area (Å²) < 4.78 is 17.8. The molecule has 0 aliphatic carbocycles. The van der Waals surface area contributed by atoms with Crippen molar-refractivity contribution in [2.45, 2.75) is 0 Å². The van der Waals surface area contributed by atoms with Crippen LogP contribution in [-0.4, -0.2) is 32.9 Å². The Morgan fingerprint density at radius 2 is 2.00 bits per heavy atom. The molecule has 2 rings (SSSR count). The van der Waals surface area contributed by atoms with Gasteiger partial charge in [-0.3, -0.25) is 4.79 Å². The first-order valence-corrected chi connectivity index (χ1v) is 9.65. The van der Waals surface area contributed by atoms with Crippen LogP contribution in [-0.2, 0) is 0 Å². The summed E-state index contributed by atoms with van der Waals surface area (Å²) >= 11 is 5.49. The highest BCUT2D eigenvalue weighted by molar-refractivity contribution is 14.1. The van der Waals surface area contributed by atoms with E-state index < -0.39 is 0 Å². The average Bonchev–Trinajstić information content (AvgIpc) is 2.66. The van der Waals surface area contributed by atoms with Crippen molar-refractivity contribution in [3.63, 3.8) is 0 Å². The van der Waals surface area contributed by atoms with Gasteiger partial charge in [0.1, 0.15) is 12.4 Å². The molecule has 1 amide bonds. The van der Waals surface area contributed by atoms with Crippen molar-refractivity contribution in [1.82, 2.24) is 5.43 Å². The highest BCUT2D eigenvalue weighted by Gasteiger charge is 2.13. The van der Waals surface area contributed by atoms with Gasteiger partial charge in [0.2, 0.25) is 0 Å². The minimum atomic E-state index is -0.378. The number of nitrogens with one attached hydrogen (secondary N) is 1.